The van der Waals surface area contributed by atoms with Crippen molar-refractivity contribution in [3.8, 4) is 0 Å². The third-order valence-corrected chi connectivity index (χ3v) is 6.81. The third kappa shape index (κ3) is 3.74. The van der Waals surface area contributed by atoms with E-state index in [4.69, 9.17) is 34.8 Å². The molecule has 5 nitrogen and oxygen atoms in total. The Bertz CT molecular complexity index is 1020. The molecule has 1 aliphatic heterocycles. The molecule has 0 saturated carbocycles. The zero-order chi connectivity index (χ0) is 19.1. The Kier molecular flexibility index (Phi) is 5.30. The number of hydrogen-bond donors (Lipinski definition) is 1. The van der Waals surface area contributed by atoms with Crippen molar-refractivity contribution in [1.82, 2.24) is 0 Å². The standard InChI is InChI=1S/C17H12Cl3NO4S/c18-9-1-4-15-12(7-9)16(22)11(5-6-26(15,24)25)17(23)21-10-2-3-13(19)14(20)8-10/h1-4,7-8,11H,5-6H2,(H,21,23). The Labute approximate surface area is 165 Å². The van der Waals surface area contributed by atoms with Gasteiger partial charge in [0.25, 0.3) is 0 Å². The van der Waals surface area contributed by atoms with E-state index >= 15 is 0 Å². The summed E-state index contributed by atoms with van der Waals surface area (Å²) >= 11 is 17.7. The normalized spacial score (nSPS) is 18.7. The van der Waals surface area contributed by atoms with Crippen molar-refractivity contribution in [3.05, 3.63) is 57.0 Å². The summed E-state index contributed by atoms with van der Waals surface area (Å²) in [5.41, 5.74) is 0.292. The lowest BCUT2D eigenvalue weighted by Crippen LogP contribution is -2.30. The molecule has 1 atom stereocenters. The second-order valence-electron chi connectivity index (χ2n) is 5.78. The van der Waals surface area contributed by atoms with Crippen LogP contribution in [0.1, 0.15) is 16.8 Å². The van der Waals surface area contributed by atoms with E-state index in [0.29, 0.717) is 10.7 Å². The lowest BCUT2D eigenvalue weighted by atomic mass is 9.94. The summed E-state index contributed by atoms with van der Waals surface area (Å²) in [6.07, 6.45) is -0.124. The van der Waals surface area contributed by atoms with Gasteiger partial charge in [-0.1, -0.05) is 34.8 Å². The van der Waals surface area contributed by atoms with Gasteiger partial charge in [-0.15, -0.1) is 0 Å². The smallest absolute Gasteiger partial charge is 0.235 e. The van der Waals surface area contributed by atoms with Crippen molar-refractivity contribution in [3.63, 3.8) is 0 Å². The summed E-state index contributed by atoms with van der Waals surface area (Å²) in [6, 6.07) is 8.47. The maximum absolute atomic E-state index is 12.8. The van der Waals surface area contributed by atoms with Crippen LogP contribution in [0.15, 0.2) is 41.3 Å². The van der Waals surface area contributed by atoms with E-state index in [1.807, 2.05) is 0 Å². The fraction of sp³-hybridized carbons (Fsp3) is 0.176. The minimum Gasteiger partial charge on any atom is -0.325 e. The SMILES string of the molecule is O=C(Nc1ccc(Cl)c(Cl)c1)C1CCS(=O)(=O)c2ccc(Cl)cc2C1=O. The zero-order valence-electron chi connectivity index (χ0n) is 13.1. The highest BCUT2D eigenvalue weighted by atomic mass is 35.5. The van der Waals surface area contributed by atoms with Gasteiger partial charge in [-0.25, -0.2) is 8.42 Å². The highest BCUT2D eigenvalue weighted by Crippen LogP contribution is 2.31. The Balaban J connectivity index is 1.94. The molecule has 1 aliphatic rings. The van der Waals surface area contributed by atoms with Crippen LogP contribution in [0.3, 0.4) is 0 Å². The van der Waals surface area contributed by atoms with Gasteiger partial charge < -0.3 is 5.32 Å². The van der Waals surface area contributed by atoms with Crippen molar-refractivity contribution in [2.24, 2.45) is 5.92 Å². The van der Waals surface area contributed by atoms with Gasteiger partial charge in [0.05, 0.1) is 20.7 Å². The summed E-state index contributed by atoms with van der Waals surface area (Å²) in [4.78, 5) is 25.3. The molecule has 0 bridgehead atoms. The number of carbonyl (C=O) groups is 2. The van der Waals surface area contributed by atoms with Crippen molar-refractivity contribution in [1.29, 1.82) is 0 Å². The molecule has 0 aromatic heterocycles. The fourth-order valence-electron chi connectivity index (χ4n) is 2.72. The van der Waals surface area contributed by atoms with Crippen molar-refractivity contribution in [2.75, 3.05) is 11.1 Å². The number of nitrogens with one attached hydrogen (secondary N) is 1. The first-order valence-corrected chi connectivity index (χ1v) is 10.3. The summed E-state index contributed by atoms with van der Waals surface area (Å²) in [7, 11) is -3.68. The number of rotatable bonds is 2. The van der Waals surface area contributed by atoms with E-state index in [9.17, 15) is 18.0 Å². The largest absolute Gasteiger partial charge is 0.325 e. The number of halogens is 3. The molecule has 2 aromatic rings. The molecule has 1 amide bonds. The first kappa shape index (κ1) is 19.2. The molecule has 1 unspecified atom stereocenters. The van der Waals surface area contributed by atoms with Crippen LogP contribution < -0.4 is 5.32 Å². The van der Waals surface area contributed by atoms with Crippen LogP contribution >= 0.6 is 34.8 Å². The van der Waals surface area contributed by atoms with Gasteiger partial charge in [0.2, 0.25) is 5.91 Å². The van der Waals surface area contributed by atoms with Crippen LogP contribution in [-0.4, -0.2) is 25.9 Å². The molecular weight excluding hydrogens is 421 g/mol. The van der Waals surface area contributed by atoms with E-state index in [0.717, 1.165) is 0 Å². The predicted octanol–water partition coefficient (Wildman–Crippen LogP) is 4.26. The van der Waals surface area contributed by atoms with Gasteiger partial charge >= 0.3 is 0 Å². The van der Waals surface area contributed by atoms with E-state index in [-0.39, 0.29) is 32.7 Å². The van der Waals surface area contributed by atoms with E-state index in [2.05, 4.69) is 5.32 Å². The maximum atomic E-state index is 12.8. The minimum atomic E-state index is -3.68. The number of amides is 1. The molecule has 9 heteroatoms. The molecular formula is C17H12Cl3NO4S. The van der Waals surface area contributed by atoms with Crippen molar-refractivity contribution >= 4 is 62.0 Å². The summed E-state index contributed by atoms with van der Waals surface area (Å²) in [5, 5.41) is 3.37. The maximum Gasteiger partial charge on any atom is 0.235 e. The molecule has 3 rings (SSSR count). The number of hydrogen-bond acceptors (Lipinski definition) is 4. The van der Waals surface area contributed by atoms with Crippen molar-refractivity contribution < 1.29 is 18.0 Å². The number of fused-ring (bicyclic) bond motifs is 1. The topological polar surface area (TPSA) is 80.3 Å². The summed E-state index contributed by atoms with van der Waals surface area (Å²) < 4.78 is 24.8. The summed E-state index contributed by atoms with van der Waals surface area (Å²) in [5.74, 6) is -2.66. The molecule has 0 radical (unpaired) electrons. The van der Waals surface area contributed by atoms with Gasteiger partial charge in [0.15, 0.2) is 15.6 Å². The van der Waals surface area contributed by atoms with Crippen LogP contribution in [-0.2, 0) is 14.6 Å². The number of Topliss-reactive ketones (excluding diaryl/α,β-unsaturated/α-hetero) is 1. The first-order chi connectivity index (χ1) is 12.2. The highest BCUT2D eigenvalue weighted by Gasteiger charge is 2.36. The van der Waals surface area contributed by atoms with Gasteiger partial charge in [0.1, 0.15) is 5.92 Å². The highest BCUT2D eigenvalue weighted by molar-refractivity contribution is 7.91. The number of carbonyl (C=O) groups excluding carboxylic acids is 2. The minimum absolute atomic E-state index is 0.0655. The molecule has 0 fully saturated rings. The molecule has 2 aromatic carbocycles. The first-order valence-electron chi connectivity index (χ1n) is 7.51. The Morgan fingerprint density at radius 2 is 1.77 bits per heavy atom. The van der Waals surface area contributed by atoms with Gasteiger partial charge in [-0.3, -0.25) is 9.59 Å². The van der Waals surface area contributed by atoms with Gasteiger partial charge in [-0.2, -0.15) is 0 Å². The Morgan fingerprint density at radius 3 is 2.46 bits per heavy atom. The molecule has 1 N–H and O–H groups in total. The summed E-state index contributed by atoms with van der Waals surface area (Å²) in [6.45, 7) is 0. The van der Waals surface area contributed by atoms with Crippen LogP contribution in [0.25, 0.3) is 0 Å². The van der Waals surface area contributed by atoms with Crippen LogP contribution in [0.2, 0.25) is 15.1 Å². The quantitative estimate of drug-likeness (QED) is 0.719. The molecule has 0 spiro atoms. The predicted molar refractivity (Wildman–Crippen MR) is 101 cm³/mol. The lowest BCUT2D eigenvalue weighted by molar-refractivity contribution is -0.118. The Hall–Kier alpha value is -1.60. The Morgan fingerprint density at radius 1 is 1.04 bits per heavy atom. The van der Waals surface area contributed by atoms with E-state index in [1.54, 1.807) is 0 Å². The van der Waals surface area contributed by atoms with Gasteiger partial charge in [0, 0.05) is 16.3 Å². The zero-order valence-corrected chi connectivity index (χ0v) is 16.2. The van der Waals surface area contributed by atoms with Gasteiger partial charge in [-0.05, 0) is 42.8 Å². The number of sulfone groups is 1. The number of benzene rings is 2. The van der Waals surface area contributed by atoms with Crippen molar-refractivity contribution in [2.45, 2.75) is 11.3 Å². The molecule has 0 aliphatic carbocycles. The molecule has 0 saturated heterocycles. The van der Waals surface area contributed by atoms with E-state index < -0.39 is 27.4 Å². The average Bonchev–Trinajstić information content (AvgIpc) is 2.66. The monoisotopic (exact) mass is 431 g/mol. The van der Waals surface area contributed by atoms with Crippen LogP contribution in [0.4, 0.5) is 5.69 Å². The van der Waals surface area contributed by atoms with Crippen LogP contribution in [0.5, 0.6) is 0 Å². The second kappa shape index (κ2) is 7.19. The number of ketones is 1. The second-order valence-corrected chi connectivity index (χ2v) is 9.11. The third-order valence-electron chi connectivity index (χ3n) is 4.04. The number of anilines is 1. The fourth-order valence-corrected chi connectivity index (χ4v) is 4.73. The lowest BCUT2D eigenvalue weighted by Gasteiger charge is -2.14. The molecule has 26 heavy (non-hydrogen) atoms. The van der Waals surface area contributed by atoms with Crippen LogP contribution in [0, 0.1) is 5.92 Å². The molecule has 136 valence electrons. The van der Waals surface area contributed by atoms with E-state index in [1.165, 1.54) is 36.4 Å². The average molecular weight is 433 g/mol. The molecule has 1 heterocycles.